The minimum Gasteiger partial charge on any atom is -0.497 e. The molecule has 2 aromatic rings. The summed E-state index contributed by atoms with van der Waals surface area (Å²) in [6.45, 7) is -0.112. The van der Waals surface area contributed by atoms with Crippen LogP contribution < -0.4 is 20.5 Å². The number of carbonyl (C=O) groups excluding carboxylic acids is 1. The molecule has 0 fully saturated rings. The molecule has 20 heavy (non-hydrogen) atoms. The summed E-state index contributed by atoms with van der Waals surface area (Å²) in [4.78, 5) is 15.7. The smallest absolute Gasteiger partial charge is 0.263 e. The minimum atomic E-state index is -0.301. The zero-order chi connectivity index (χ0) is 14.4. The Morgan fingerprint density at radius 1 is 1.30 bits per heavy atom. The number of rotatable bonds is 5. The largest absolute Gasteiger partial charge is 0.497 e. The van der Waals surface area contributed by atoms with Gasteiger partial charge in [-0.05, 0) is 24.3 Å². The number of hydrogen-bond acceptors (Lipinski definition) is 5. The van der Waals surface area contributed by atoms with E-state index in [1.807, 2.05) is 0 Å². The van der Waals surface area contributed by atoms with Crippen molar-refractivity contribution in [2.24, 2.45) is 0 Å². The molecule has 0 aliphatic heterocycles. The van der Waals surface area contributed by atoms with Crippen LogP contribution in [0.3, 0.4) is 0 Å². The summed E-state index contributed by atoms with van der Waals surface area (Å²) in [6.07, 6.45) is 1.47. The van der Waals surface area contributed by atoms with Gasteiger partial charge >= 0.3 is 0 Å². The van der Waals surface area contributed by atoms with E-state index in [9.17, 15) is 4.79 Å². The number of carbonyl (C=O) groups is 1. The summed E-state index contributed by atoms with van der Waals surface area (Å²) in [6, 6.07) is 10.3. The van der Waals surface area contributed by atoms with E-state index in [4.69, 9.17) is 15.2 Å². The van der Waals surface area contributed by atoms with E-state index in [1.165, 1.54) is 6.20 Å². The molecular weight excluding hydrogens is 258 g/mol. The number of nitrogens with one attached hydrogen (secondary N) is 1. The van der Waals surface area contributed by atoms with Crippen molar-refractivity contribution >= 4 is 17.4 Å². The van der Waals surface area contributed by atoms with Gasteiger partial charge in [-0.3, -0.25) is 4.79 Å². The molecule has 0 radical (unpaired) electrons. The second-order valence-corrected chi connectivity index (χ2v) is 3.99. The maximum Gasteiger partial charge on any atom is 0.263 e. The molecule has 1 aromatic carbocycles. The molecule has 0 aliphatic rings. The Labute approximate surface area is 116 Å². The number of ether oxygens (including phenoxy) is 2. The van der Waals surface area contributed by atoms with E-state index in [1.54, 1.807) is 43.5 Å². The molecule has 104 valence electrons. The molecule has 0 atom stereocenters. The fourth-order valence-corrected chi connectivity index (χ4v) is 1.50. The third-order valence-corrected chi connectivity index (χ3v) is 2.46. The van der Waals surface area contributed by atoms with E-state index < -0.39 is 0 Å². The maximum absolute atomic E-state index is 11.7. The van der Waals surface area contributed by atoms with Crippen molar-refractivity contribution in [1.29, 1.82) is 0 Å². The Kier molecular flexibility index (Phi) is 4.39. The molecule has 6 nitrogen and oxygen atoms in total. The van der Waals surface area contributed by atoms with Crippen LogP contribution in [0.5, 0.6) is 11.5 Å². The molecular formula is C14H15N3O3. The molecule has 1 heterocycles. The molecule has 0 unspecified atom stereocenters. The van der Waals surface area contributed by atoms with Crippen molar-refractivity contribution in [3.8, 4) is 11.5 Å². The first-order valence-electron chi connectivity index (χ1n) is 5.95. The van der Waals surface area contributed by atoms with Gasteiger partial charge in [0, 0.05) is 6.07 Å². The zero-order valence-electron chi connectivity index (χ0n) is 11.0. The molecule has 3 N–H and O–H groups in total. The molecule has 2 rings (SSSR count). The van der Waals surface area contributed by atoms with Gasteiger partial charge in [-0.1, -0.05) is 6.07 Å². The van der Waals surface area contributed by atoms with Crippen molar-refractivity contribution < 1.29 is 14.3 Å². The Balaban J connectivity index is 1.87. The van der Waals surface area contributed by atoms with Crippen molar-refractivity contribution in [3.63, 3.8) is 0 Å². The Morgan fingerprint density at radius 2 is 2.10 bits per heavy atom. The number of amides is 1. The van der Waals surface area contributed by atoms with Crippen molar-refractivity contribution in [2.75, 3.05) is 24.8 Å². The SMILES string of the molecule is COc1cccc(OCC(=O)Nc2ccc(N)cn2)c1. The van der Waals surface area contributed by atoms with E-state index >= 15 is 0 Å². The molecule has 6 heteroatoms. The predicted octanol–water partition coefficient (Wildman–Crippen LogP) is 1.69. The average molecular weight is 273 g/mol. The van der Waals surface area contributed by atoms with Crippen LogP contribution in [0.15, 0.2) is 42.6 Å². The molecule has 0 aliphatic carbocycles. The van der Waals surface area contributed by atoms with E-state index in [-0.39, 0.29) is 12.5 Å². The highest BCUT2D eigenvalue weighted by atomic mass is 16.5. The average Bonchev–Trinajstić information content (AvgIpc) is 2.48. The number of pyridine rings is 1. The third kappa shape index (κ3) is 3.88. The highest BCUT2D eigenvalue weighted by molar-refractivity contribution is 5.91. The van der Waals surface area contributed by atoms with E-state index in [0.717, 1.165) is 0 Å². The van der Waals surface area contributed by atoms with E-state index in [0.29, 0.717) is 23.0 Å². The van der Waals surface area contributed by atoms with Crippen LogP contribution in [0.25, 0.3) is 0 Å². The lowest BCUT2D eigenvalue weighted by Crippen LogP contribution is -2.20. The first kappa shape index (κ1) is 13.7. The van der Waals surface area contributed by atoms with Gasteiger partial charge in [0.05, 0.1) is 19.0 Å². The van der Waals surface area contributed by atoms with Gasteiger partial charge in [-0.15, -0.1) is 0 Å². The summed E-state index contributed by atoms with van der Waals surface area (Å²) in [5, 5.41) is 2.61. The summed E-state index contributed by atoms with van der Waals surface area (Å²) >= 11 is 0. The van der Waals surface area contributed by atoms with Gasteiger partial charge in [0.1, 0.15) is 17.3 Å². The second-order valence-electron chi connectivity index (χ2n) is 3.99. The van der Waals surface area contributed by atoms with Gasteiger partial charge in [-0.25, -0.2) is 4.98 Å². The van der Waals surface area contributed by atoms with Crippen LogP contribution in [0.1, 0.15) is 0 Å². The number of aromatic nitrogens is 1. The lowest BCUT2D eigenvalue weighted by Gasteiger charge is -2.08. The number of hydrogen-bond donors (Lipinski definition) is 2. The highest BCUT2D eigenvalue weighted by Gasteiger charge is 2.05. The number of nitrogens with two attached hydrogens (primary N) is 1. The summed E-state index contributed by atoms with van der Waals surface area (Å²) < 4.78 is 10.4. The summed E-state index contributed by atoms with van der Waals surface area (Å²) in [7, 11) is 1.57. The lowest BCUT2D eigenvalue weighted by molar-refractivity contribution is -0.118. The topological polar surface area (TPSA) is 86.5 Å². The fraction of sp³-hybridized carbons (Fsp3) is 0.143. The predicted molar refractivity (Wildman–Crippen MR) is 75.8 cm³/mol. The van der Waals surface area contributed by atoms with Crippen LogP contribution in [-0.2, 0) is 4.79 Å². The number of anilines is 2. The van der Waals surface area contributed by atoms with Crippen molar-refractivity contribution in [3.05, 3.63) is 42.6 Å². The summed E-state index contributed by atoms with van der Waals surface area (Å²) in [5.41, 5.74) is 6.05. The van der Waals surface area contributed by atoms with Gasteiger partial charge in [0.15, 0.2) is 6.61 Å². The van der Waals surface area contributed by atoms with Crippen LogP contribution >= 0.6 is 0 Å². The van der Waals surface area contributed by atoms with Crippen LogP contribution in [0.4, 0.5) is 11.5 Å². The second kappa shape index (κ2) is 6.42. The van der Waals surface area contributed by atoms with Gasteiger partial charge in [0.25, 0.3) is 5.91 Å². The zero-order valence-corrected chi connectivity index (χ0v) is 11.0. The summed E-state index contributed by atoms with van der Waals surface area (Å²) in [5.74, 6) is 1.36. The normalized spacial score (nSPS) is 9.85. The van der Waals surface area contributed by atoms with Crippen LogP contribution in [0, 0.1) is 0 Å². The lowest BCUT2D eigenvalue weighted by atomic mass is 10.3. The van der Waals surface area contributed by atoms with Gasteiger partial charge in [0.2, 0.25) is 0 Å². The van der Waals surface area contributed by atoms with Crippen molar-refractivity contribution in [1.82, 2.24) is 4.98 Å². The number of methoxy groups -OCH3 is 1. The Hall–Kier alpha value is -2.76. The number of nitrogens with zero attached hydrogens (tertiary/aromatic N) is 1. The Bertz CT molecular complexity index is 584. The molecule has 0 saturated heterocycles. The molecule has 0 saturated carbocycles. The molecule has 0 spiro atoms. The first-order valence-corrected chi connectivity index (χ1v) is 5.95. The maximum atomic E-state index is 11.7. The van der Waals surface area contributed by atoms with Crippen molar-refractivity contribution in [2.45, 2.75) is 0 Å². The Morgan fingerprint density at radius 3 is 2.80 bits per heavy atom. The highest BCUT2D eigenvalue weighted by Crippen LogP contribution is 2.18. The molecule has 1 amide bonds. The number of nitrogen functional groups attached to an aromatic ring is 1. The van der Waals surface area contributed by atoms with Gasteiger partial charge in [-0.2, -0.15) is 0 Å². The standard InChI is InChI=1S/C14H15N3O3/c1-19-11-3-2-4-12(7-11)20-9-14(18)17-13-6-5-10(15)8-16-13/h2-8H,9,15H2,1H3,(H,16,17,18). The molecule has 0 bridgehead atoms. The first-order chi connectivity index (χ1) is 9.67. The van der Waals surface area contributed by atoms with Crippen LogP contribution in [-0.4, -0.2) is 24.6 Å². The quantitative estimate of drug-likeness (QED) is 0.865. The minimum absolute atomic E-state index is 0.112. The third-order valence-electron chi connectivity index (χ3n) is 2.46. The van der Waals surface area contributed by atoms with Crippen LogP contribution in [0.2, 0.25) is 0 Å². The van der Waals surface area contributed by atoms with E-state index in [2.05, 4.69) is 10.3 Å². The molecule has 1 aromatic heterocycles. The number of benzene rings is 1. The van der Waals surface area contributed by atoms with Gasteiger partial charge < -0.3 is 20.5 Å². The fourth-order valence-electron chi connectivity index (χ4n) is 1.50. The monoisotopic (exact) mass is 273 g/mol.